The highest BCUT2D eigenvalue weighted by atomic mass is 16.5. The molecule has 3 nitrogen and oxygen atoms in total. The smallest absolute Gasteiger partial charge is 0.0721 e. The minimum atomic E-state index is -0.0845. The minimum Gasteiger partial charge on any atom is -0.372 e. The second kappa shape index (κ2) is 5.75. The fraction of sp³-hybridized carbons (Fsp3) is 0.455. The molecule has 0 aliphatic rings. The Morgan fingerprint density at radius 2 is 1.93 bits per heavy atom. The van der Waals surface area contributed by atoms with Gasteiger partial charge in [-0.25, -0.2) is 0 Å². The topological polar surface area (TPSA) is 61.3 Å². The molecule has 0 heterocycles. The second-order valence-corrected chi connectivity index (χ2v) is 3.40. The summed E-state index contributed by atoms with van der Waals surface area (Å²) < 4.78 is 5.58. The highest BCUT2D eigenvalue weighted by Gasteiger charge is 2.10. The fourth-order valence-corrected chi connectivity index (χ4v) is 1.12. The highest BCUT2D eigenvalue weighted by Crippen LogP contribution is 2.04. The molecule has 0 amide bonds. The second-order valence-electron chi connectivity index (χ2n) is 3.40. The zero-order chi connectivity index (χ0) is 10.4. The molecule has 4 N–H and O–H groups in total. The first-order chi connectivity index (χ1) is 6.74. The van der Waals surface area contributed by atoms with Crippen molar-refractivity contribution in [3.8, 4) is 0 Å². The van der Waals surface area contributed by atoms with Crippen LogP contribution in [0.15, 0.2) is 30.3 Å². The first-order valence-corrected chi connectivity index (χ1v) is 4.85. The van der Waals surface area contributed by atoms with E-state index in [0.29, 0.717) is 13.2 Å². The first kappa shape index (κ1) is 11.2. The van der Waals surface area contributed by atoms with Crippen LogP contribution in [-0.4, -0.2) is 18.7 Å². The van der Waals surface area contributed by atoms with Crippen molar-refractivity contribution in [3.05, 3.63) is 35.9 Å². The third-order valence-corrected chi connectivity index (χ3v) is 2.23. The maximum absolute atomic E-state index is 5.73. The van der Waals surface area contributed by atoms with E-state index in [4.69, 9.17) is 16.2 Å². The third-order valence-electron chi connectivity index (χ3n) is 2.23. The van der Waals surface area contributed by atoms with E-state index < -0.39 is 0 Å². The molecule has 0 saturated heterocycles. The van der Waals surface area contributed by atoms with E-state index in [2.05, 4.69) is 0 Å². The summed E-state index contributed by atoms with van der Waals surface area (Å²) >= 11 is 0. The van der Waals surface area contributed by atoms with Gasteiger partial charge in [-0.2, -0.15) is 0 Å². The summed E-state index contributed by atoms with van der Waals surface area (Å²) in [4.78, 5) is 0. The standard InChI is InChI=1S/C11H18N2O/c1-9(11(13)7-12)14-8-10-5-3-2-4-6-10/h2-6,9,11H,7-8,12-13H2,1H3/t9?,11-/m0/s1. The molecule has 1 unspecified atom stereocenters. The van der Waals surface area contributed by atoms with Gasteiger partial charge in [0.25, 0.3) is 0 Å². The summed E-state index contributed by atoms with van der Waals surface area (Å²) in [5.41, 5.74) is 12.3. The SMILES string of the molecule is CC(OCc1ccccc1)[C@@H](N)CN. The van der Waals surface area contributed by atoms with Crippen LogP contribution in [0.2, 0.25) is 0 Å². The predicted molar refractivity (Wildman–Crippen MR) is 57.7 cm³/mol. The zero-order valence-corrected chi connectivity index (χ0v) is 8.52. The van der Waals surface area contributed by atoms with E-state index in [1.807, 2.05) is 37.3 Å². The van der Waals surface area contributed by atoms with E-state index in [9.17, 15) is 0 Å². The van der Waals surface area contributed by atoms with Crippen LogP contribution in [0.25, 0.3) is 0 Å². The van der Waals surface area contributed by atoms with Crippen LogP contribution in [0.4, 0.5) is 0 Å². The average molecular weight is 194 g/mol. The summed E-state index contributed by atoms with van der Waals surface area (Å²) in [6.07, 6.45) is 0.000191. The summed E-state index contributed by atoms with van der Waals surface area (Å²) in [5.74, 6) is 0. The normalized spacial score (nSPS) is 15.1. The Bertz CT molecular complexity index is 251. The number of benzene rings is 1. The van der Waals surface area contributed by atoms with Gasteiger partial charge in [-0.1, -0.05) is 30.3 Å². The number of hydrogen-bond acceptors (Lipinski definition) is 3. The third kappa shape index (κ3) is 3.46. The van der Waals surface area contributed by atoms with Crippen molar-refractivity contribution in [1.29, 1.82) is 0 Å². The lowest BCUT2D eigenvalue weighted by molar-refractivity contribution is 0.0378. The lowest BCUT2D eigenvalue weighted by atomic mass is 10.2. The summed E-state index contributed by atoms with van der Waals surface area (Å²) in [6, 6.07) is 9.94. The molecule has 0 spiro atoms. The monoisotopic (exact) mass is 194 g/mol. The molecular formula is C11H18N2O. The van der Waals surface area contributed by atoms with Crippen molar-refractivity contribution >= 4 is 0 Å². The molecule has 14 heavy (non-hydrogen) atoms. The number of nitrogens with two attached hydrogens (primary N) is 2. The molecule has 0 bridgehead atoms. The Balaban J connectivity index is 2.34. The Hall–Kier alpha value is -0.900. The van der Waals surface area contributed by atoms with Gasteiger partial charge < -0.3 is 16.2 Å². The molecule has 1 aromatic carbocycles. The summed E-state index contributed by atoms with van der Waals surface area (Å²) in [5, 5.41) is 0. The van der Waals surface area contributed by atoms with Crippen LogP contribution in [0.5, 0.6) is 0 Å². The molecule has 3 heteroatoms. The van der Waals surface area contributed by atoms with E-state index in [1.165, 1.54) is 0 Å². The van der Waals surface area contributed by atoms with Crippen LogP contribution in [0, 0.1) is 0 Å². The van der Waals surface area contributed by atoms with Crippen LogP contribution in [0.3, 0.4) is 0 Å². The van der Waals surface area contributed by atoms with Crippen molar-refractivity contribution in [2.24, 2.45) is 11.5 Å². The Kier molecular flexibility index (Phi) is 4.59. The maximum Gasteiger partial charge on any atom is 0.0721 e. The Morgan fingerprint density at radius 1 is 1.29 bits per heavy atom. The lowest BCUT2D eigenvalue weighted by Crippen LogP contribution is -2.40. The van der Waals surface area contributed by atoms with E-state index in [-0.39, 0.29) is 12.1 Å². The van der Waals surface area contributed by atoms with E-state index >= 15 is 0 Å². The molecule has 78 valence electrons. The highest BCUT2D eigenvalue weighted by molar-refractivity contribution is 5.13. The van der Waals surface area contributed by atoms with Crippen molar-refractivity contribution in [2.75, 3.05) is 6.54 Å². The number of hydrogen-bond donors (Lipinski definition) is 2. The van der Waals surface area contributed by atoms with Crippen molar-refractivity contribution in [3.63, 3.8) is 0 Å². The average Bonchev–Trinajstić information content (AvgIpc) is 2.26. The molecule has 0 saturated carbocycles. The van der Waals surface area contributed by atoms with Gasteiger partial charge in [0.15, 0.2) is 0 Å². The minimum absolute atomic E-state index is 0.000191. The molecule has 0 fully saturated rings. The van der Waals surface area contributed by atoms with Gasteiger partial charge >= 0.3 is 0 Å². The van der Waals surface area contributed by atoms with E-state index in [0.717, 1.165) is 5.56 Å². The van der Waals surface area contributed by atoms with Crippen LogP contribution >= 0.6 is 0 Å². The van der Waals surface area contributed by atoms with E-state index in [1.54, 1.807) is 0 Å². The fourth-order valence-electron chi connectivity index (χ4n) is 1.12. The van der Waals surface area contributed by atoms with Gasteiger partial charge in [-0.15, -0.1) is 0 Å². The predicted octanol–water partition coefficient (Wildman–Crippen LogP) is 0.878. The first-order valence-electron chi connectivity index (χ1n) is 4.85. The van der Waals surface area contributed by atoms with Gasteiger partial charge in [0.05, 0.1) is 12.7 Å². The number of rotatable bonds is 5. The quantitative estimate of drug-likeness (QED) is 0.731. The molecule has 0 aliphatic heterocycles. The van der Waals surface area contributed by atoms with Gasteiger partial charge in [0.2, 0.25) is 0 Å². The molecule has 0 aliphatic carbocycles. The van der Waals surface area contributed by atoms with Crippen LogP contribution in [0.1, 0.15) is 12.5 Å². The zero-order valence-electron chi connectivity index (χ0n) is 8.52. The molecule has 2 atom stereocenters. The van der Waals surface area contributed by atoms with Crippen molar-refractivity contribution in [1.82, 2.24) is 0 Å². The summed E-state index contributed by atoms with van der Waals surface area (Å²) in [6.45, 7) is 2.99. The van der Waals surface area contributed by atoms with Gasteiger partial charge in [-0.3, -0.25) is 0 Å². The molecule has 0 radical (unpaired) electrons. The molecule has 1 aromatic rings. The maximum atomic E-state index is 5.73. The van der Waals surface area contributed by atoms with Crippen LogP contribution < -0.4 is 11.5 Å². The van der Waals surface area contributed by atoms with Crippen LogP contribution in [-0.2, 0) is 11.3 Å². The Morgan fingerprint density at radius 3 is 2.50 bits per heavy atom. The van der Waals surface area contributed by atoms with Gasteiger partial charge in [-0.05, 0) is 12.5 Å². The summed E-state index contributed by atoms with van der Waals surface area (Å²) in [7, 11) is 0. The van der Waals surface area contributed by atoms with Crippen molar-refractivity contribution in [2.45, 2.75) is 25.7 Å². The molecule has 0 aromatic heterocycles. The van der Waals surface area contributed by atoms with Crippen molar-refractivity contribution < 1.29 is 4.74 Å². The van der Waals surface area contributed by atoms with Gasteiger partial charge in [0.1, 0.15) is 0 Å². The Labute approximate surface area is 85.0 Å². The largest absolute Gasteiger partial charge is 0.372 e. The molecular weight excluding hydrogens is 176 g/mol. The lowest BCUT2D eigenvalue weighted by Gasteiger charge is -2.18. The molecule has 1 rings (SSSR count). The van der Waals surface area contributed by atoms with Gasteiger partial charge in [0, 0.05) is 12.6 Å². The number of ether oxygens (including phenoxy) is 1.